The number of carbonyl (C=O) groups is 1. The second-order valence-electron chi connectivity index (χ2n) is 8.87. The van der Waals surface area contributed by atoms with Crippen molar-refractivity contribution in [2.75, 3.05) is 14.2 Å². The molecule has 3 heterocycles. The van der Waals surface area contributed by atoms with Crippen LogP contribution in [0.5, 0.6) is 11.5 Å². The summed E-state index contributed by atoms with van der Waals surface area (Å²) in [6.45, 7) is 0.645. The molecule has 4 aromatic rings. The number of amides is 1. The molecular formula is C28H26N4O3. The number of methoxy groups -OCH3 is 2. The number of para-hydroxylation sites is 1. The lowest BCUT2D eigenvalue weighted by Gasteiger charge is -2.32. The number of H-pyrrole nitrogens is 1. The summed E-state index contributed by atoms with van der Waals surface area (Å²) in [7, 11) is 3.29. The number of aromatic amines is 1. The maximum absolute atomic E-state index is 13.8. The van der Waals surface area contributed by atoms with Crippen LogP contribution in [0.25, 0.3) is 10.9 Å². The second-order valence-corrected chi connectivity index (χ2v) is 8.87. The molecule has 3 aromatic carbocycles. The van der Waals surface area contributed by atoms with E-state index in [1.165, 1.54) is 10.9 Å². The number of benzene rings is 3. The van der Waals surface area contributed by atoms with Gasteiger partial charge in [-0.05, 0) is 65.6 Å². The third-order valence-corrected chi connectivity index (χ3v) is 6.96. The summed E-state index contributed by atoms with van der Waals surface area (Å²) >= 11 is 0. The van der Waals surface area contributed by atoms with E-state index < -0.39 is 0 Å². The van der Waals surface area contributed by atoms with Gasteiger partial charge in [-0.15, -0.1) is 0 Å². The molecule has 0 aliphatic carbocycles. The van der Waals surface area contributed by atoms with Gasteiger partial charge < -0.3 is 14.5 Å². The molecule has 1 N–H and O–H groups in total. The van der Waals surface area contributed by atoms with Crippen LogP contribution in [0, 0.1) is 0 Å². The minimum absolute atomic E-state index is 0.00603. The van der Waals surface area contributed by atoms with E-state index in [0.717, 1.165) is 33.8 Å². The third-order valence-electron chi connectivity index (χ3n) is 6.96. The van der Waals surface area contributed by atoms with E-state index in [4.69, 9.17) is 14.6 Å². The van der Waals surface area contributed by atoms with Gasteiger partial charge in [0.25, 0.3) is 5.91 Å². The van der Waals surface area contributed by atoms with E-state index in [1.807, 2.05) is 60.7 Å². The highest BCUT2D eigenvalue weighted by Crippen LogP contribution is 2.42. The topological polar surface area (TPSA) is 70.2 Å². The minimum Gasteiger partial charge on any atom is -0.497 e. The lowest BCUT2D eigenvalue weighted by Crippen LogP contribution is -2.39. The van der Waals surface area contributed by atoms with Crippen LogP contribution in [0.2, 0.25) is 0 Å². The van der Waals surface area contributed by atoms with Crippen LogP contribution >= 0.6 is 0 Å². The van der Waals surface area contributed by atoms with E-state index >= 15 is 0 Å². The largest absolute Gasteiger partial charge is 0.497 e. The van der Waals surface area contributed by atoms with E-state index in [2.05, 4.69) is 22.0 Å². The van der Waals surface area contributed by atoms with Gasteiger partial charge in [-0.2, -0.15) is 5.10 Å². The van der Waals surface area contributed by atoms with Crippen molar-refractivity contribution >= 4 is 23.0 Å². The number of ether oxygens (including phenoxy) is 2. The molecule has 35 heavy (non-hydrogen) atoms. The van der Waals surface area contributed by atoms with Gasteiger partial charge in [-0.25, -0.2) is 5.01 Å². The number of carbonyl (C=O) groups excluding carboxylic acids is 1. The first-order valence-corrected chi connectivity index (χ1v) is 11.7. The smallest absolute Gasteiger partial charge is 0.262 e. The monoisotopic (exact) mass is 466 g/mol. The number of nitrogens with one attached hydrogen (secondary N) is 1. The average Bonchev–Trinajstić information content (AvgIpc) is 3.40. The lowest BCUT2D eigenvalue weighted by molar-refractivity contribution is -0.130. The Bertz CT molecular complexity index is 1410. The van der Waals surface area contributed by atoms with Crippen molar-refractivity contribution < 1.29 is 14.3 Å². The van der Waals surface area contributed by atoms with Crippen LogP contribution in [0.3, 0.4) is 0 Å². The molecule has 1 amide bonds. The Labute approximate surface area is 203 Å². The van der Waals surface area contributed by atoms with Crippen molar-refractivity contribution in [1.82, 2.24) is 14.9 Å². The molecule has 176 valence electrons. The van der Waals surface area contributed by atoms with Crippen molar-refractivity contribution in [3.8, 4) is 11.5 Å². The van der Waals surface area contributed by atoms with E-state index in [9.17, 15) is 4.79 Å². The number of aromatic nitrogens is 1. The summed E-state index contributed by atoms with van der Waals surface area (Å²) in [5.74, 6) is 1.56. The number of hydrazone groups is 1. The van der Waals surface area contributed by atoms with Gasteiger partial charge in [0.15, 0.2) is 0 Å². The molecule has 0 saturated carbocycles. The zero-order chi connectivity index (χ0) is 23.9. The Morgan fingerprint density at radius 3 is 2.34 bits per heavy atom. The summed E-state index contributed by atoms with van der Waals surface area (Å²) < 4.78 is 10.6. The van der Waals surface area contributed by atoms with Gasteiger partial charge in [0, 0.05) is 23.1 Å². The molecule has 0 radical (unpaired) electrons. The minimum atomic E-state index is -0.313. The molecule has 2 aliphatic heterocycles. The number of hydrogen-bond donors (Lipinski definition) is 1. The first kappa shape index (κ1) is 21.4. The summed E-state index contributed by atoms with van der Waals surface area (Å²) in [4.78, 5) is 19.6. The molecule has 1 fully saturated rings. The van der Waals surface area contributed by atoms with Crippen molar-refractivity contribution in [2.45, 2.75) is 25.2 Å². The van der Waals surface area contributed by atoms with Gasteiger partial charge in [0.1, 0.15) is 17.7 Å². The van der Waals surface area contributed by atoms with Crippen molar-refractivity contribution in [3.63, 3.8) is 0 Å². The first-order chi connectivity index (χ1) is 17.2. The van der Waals surface area contributed by atoms with Crippen LogP contribution in [0.15, 0.2) is 77.9 Å². The zero-order valence-corrected chi connectivity index (χ0v) is 19.6. The lowest BCUT2D eigenvalue weighted by atomic mass is 9.97. The number of fused-ring (bicyclic) bond motifs is 4. The fourth-order valence-electron chi connectivity index (χ4n) is 5.17. The predicted octanol–water partition coefficient (Wildman–Crippen LogP) is 4.49. The quantitative estimate of drug-likeness (QED) is 0.440. The molecule has 7 nitrogen and oxygen atoms in total. The molecule has 7 heteroatoms. The highest BCUT2D eigenvalue weighted by atomic mass is 16.5. The fourth-order valence-corrected chi connectivity index (χ4v) is 5.17. The molecule has 2 aliphatic rings. The molecular weight excluding hydrogens is 440 g/mol. The SMILES string of the molecule is COc1ccc(/C=N\N2C(=O)[C@H]3Cc4c([nH]c5ccccc45)CN3[C@@H]2c2ccc(OC)cc2)cc1. The van der Waals surface area contributed by atoms with Crippen LogP contribution in [0.1, 0.15) is 28.6 Å². The van der Waals surface area contributed by atoms with Gasteiger partial charge in [-0.1, -0.05) is 30.3 Å². The van der Waals surface area contributed by atoms with E-state index in [-0.39, 0.29) is 18.1 Å². The Hall–Kier alpha value is -4.10. The van der Waals surface area contributed by atoms with Crippen LogP contribution in [-0.4, -0.2) is 47.3 Å². The highest BCUT2D eigenvalue weighted by molar-refractivity contribution is 5.90. The summed E-state index contributed by atoms with van der Waals surface area (Å²) in [6, 6.07) is 23.5. The van der Waals surface area contributed by atoms with Gasteiger partial charge in [-0.3, -0.25) is 9.69 Å². The molecule has 6 rings (SSSR count). The number of rotatable bonds is 5. The number of hydrogen-bond acceptors (Lipinski definition) is 5. The summed E-state index contributed by atoms with van der Waals surface area (Å²) in [5, 5.41) is 7.52. The third kappa shape index (κ3) is 3.65. The van der Waals surface area contributed by atoms with Gasteiger partial charge in [0.05, 0.1) is 26.5 Å². The predicted molar refractivity (Wildman–Crippen MR) is 135 cm³/mol. The Morgan fingerprint density at radius 2 is 1.63 bits per heavy atom. The molecule has 2 atom stereocenters. The Balaban J connectivity index is 1.39. The normalized spacial score (nSPS) is 19.8. The van der Waals surface area contributed by atoms with E-state index in [0.29, 0.717) is 13.0 Å². The van der Waals surface area contributed by atoms with Crippen molar-refractivity contribution in [2.24, 2.45) is 5.10 Å². The van der Waals surface area contributed by atoms with E-state index in [1.54, 1.807) is 25.4 Å². The zero-order valence-electron chi connectivity index (χ0n) is 19.6. The van der Waals surface area contributed by atoms with Gasteiger partial charge in [0.2, 0.25) is 0 Å². The Kier molecular flexibility index (Phi) is 5.26. The van der Waals surface area contributed by atoms with Crippen molar-refractivity contribution in [1.29, 1.82) is 0 Å². The highest BCUT2D eigenvalue weighted by Gasteiger charge is 2.49. The second kappa shape index (κ2) is 8.60. The average molecular weight is 467 g/mol. The van der Waals surface area contributed by atoms with Crippen LogP contribution in [0.4, 0.5) is 0 Å². The number of nitrogens with zero attached hydrogens (tertiary/aromatic N) is 3. The first-order valence-electron chi connectivity index (χ1n) is 11.7. The Morgan fingerprint density at radius 1 is 0.943 bits per heavy atom. The van der Waals surface area contributed by atoms with Crippen LogP contribution in [-0.2, 0) is 17.8 Å². The maximum atomic E-state index is 13.8. The van der Waals surface area contributed by atoms with Crippen molar-refractivity contribution in [3.05, 3.63) is 95.2 Å². The molecule has 1 aromatic heterocycles. The van der Waals surface area contributed by atoms with Gasteiger partial charge >= 0.3 is 0 Å². The molecule has 1 saturated heterocycles. The van der Waals surface area contributed by atoms with Crippen LogP contribution < -0.4 is 9.47 Å². The molecule has 0 bridgehead atoms. The maximum Gasteiger partial charge on any atom is 0.262 e. The summed E-state index contributed by atoms with van der Waals surface area (Å²) in [5.41, 5.74) is 5.39. The molecule has 0 spiro atoms. The molecule has 0 unspecified atom stereocenters. The fraction of sp³-hybridized carbons (Fsp3) is 0.214. The summed E-state index contributed by atoms with van der Waals surface area (Å²) in [6.07, 6.45) is 2.08. The standard InChI is InChI=1S/C28H26N4O3/c1-34-20-11-7-18(8-12-20)16-29-32-27(19-9-13-21(35-2)14-10-19)31-17-25-23(15-26(31)28(32)33)22-5-3-4-6-24(22)30-25/h3-14,16,26-27,30H,15,17H2,1-2H3/b29-16-/t26-,27+/m1/s1.